The minimum Gasteiger partial charge on any atom is -0.487 e. The molecule has 0 amide bonds. The molecule has 1 aliphatic rings. The SMILES string of the molecule is Cc1nn(C2CCCCO2)c2ncc(OCc3c(F)ccc(N)c3Cl)cc12. The third-order valence-corrected chi connectivity index (χ3v) is 5.18. The van der Waals surface area contributed by atoms with Crippen LogP contribution < -0.4 is 10.5 Å². The van der Waals surface area contributed by atoms with Gasteiger partial charge in [0.2, 0.25) is 0 Å². The number of hydrogen-bond donors (Lipinski definition) is 1. The largest absolute Gasteiger partial charge is 0.487 e. The van der Waals surface area contributed by atoms with Crippen LogP contribution in [0.25, 0.3) is 11.0 Å². The molecule has 1 aliphatic heterocycles. The van der Waals surface area contributed by atoms with E-state index in [2.05, 4.69) is 10.1 Å². The van der Waals surface area contributed by atoms with Crippen LogP contribution in [0.5, 0.6) is 5.75 Å². The zero-order valence-corrected chi connectivity index (χ0v) is 15.7. The van der Waals surface area contributed by atoms with Crippen LogP contribution >= 0.6 is 11.6 Å². The number of aromatic nitrogens is 3. The number of nitrogen functional groups attached to an aromatic ring is 1. The number of aryl methyl sites for hydroxylation is 1. The molecule has 1 aromatic carbocycles. The summed E-state index contributed by atoms with van der Waals surface area (Å²) in [6, 6.07) is 4.56. The van der Waals surface area contributed by atoms with Gasteiger partial charge in [0.15, 0.2) is 11.9 Å². The van der Waals surface area contributed by atoms with Crippen LogP contribution in [-0.4, -0.2) is 21.4 Å². The molecule has 2 aromatic heterocycles. The number of anilines is 1. The molecule has 3 aromatic rings. The van der Waals surface area contributed by atoms with Gasteiger partial charge in [-0.1, -0.05) is 11.6 Å². The van der Waals surface area contributed by atoms with Crippen molar-refractivity contribution in [3.63, 3.8) is 0 Å². The number of nitrogens with two attached hydrogens (primary N) is 1. The molecule has 8 heteroatoms. The third-order valence-electron chi connectivity index (χ3n) is 4.73. The molecular weight excluding hydrogens is 371 g/mol. The summed E-state index contributed by atoms with van der Waals surface area (Å²) in [5.41, 5.74) is 7.86. The van der Waals surface area contributed by atoms with Crippen LogP contribution in [0.3, 0.4) is 0 Å². The first-order valence-corrected chi connectivity index (χ1v) is 9.24. The van der Waals surface area contributed by atoms with Crippen molar-refractivity contribution in [2.75, 3.05) is 12.3 Å². The van der Waals surface area contributed by atoms with Gasteiger partial charge in [0.1, 0.15) is 18.2 Å². The molecule has 0 spiro atoms. The summed E-state index contributed by atoms with van der Waals surface area (Å²) in [5, 5.41) is 5.63. The topological polar surface area (TPSA) is 75.2 Å². The number of ether oxygens (including phenoxy) is 2. The Labute approximate surface area is 161 Å². The van der Waals surface area contributed by atoms with E-state index in [1.807, 2.05) is 17.7 Å². The van der Waals surface area contributed by atoms with E-state index in [9.17, 15) is 4.39 Å². The Morgan fingerprint density at radius 3 is 3.04 bits per heavy atom. The van der Waals surface area contributed by atoms with Crippen LogP contribution in [-0.2, 0) is 11.3 Å². The Bertz CT molecular complexity index is 985. The maximum absolute atomic E-state index is 14.0. The first-order valence-electron chi connectivity index (χ1n) is 8.86. The molecule has 0 aliphatic carbocycles. The highest BCUT2D eigenvalue weighted by molar-refractivity contribution is 6.33. The molecular formula is C19H20ClFN4O2. The summed E-state index contributed by atoms with van der Waals surface area (Å²) in [5.74, 6) is 0.0503. The molecule has 0 radical (unpaired) electrons. The van der Waals surface area contributed by atoms with E-state index >= 15 is 0 Å². The minimum atomic E-state index is -0.457. The van der Waals surface area contributed by atoms with Crippen molar-refractivity contribution >= 4 is 28.3 Å². The highest BCUT2D eigenvalue weighted by atomic mass is 35.5. The van der Waals surface area contributed by atoms with E-state index < -0.39 is 5.82 Å². The zero-order chi connectivity index (χ0) is 19.0. The van der Waals surface area contributed by atoms with Crippen LogP contribution in [0.1, 0.15) is 36.7 Å². The van der Waals surface area contributed by atoms with Gasteiger partial charge in [-0.15, -0.1) is 0 Å². The lowest BCUT2D eigenvalue weighted by molar-refractivity contribution is -0.0371. The molecule has 1 saturated heterocycles. The van der Waals surface area contributed by atoms with Crippen molar-refractivity contribution in [2.45, 2.75) is 39.0 Å². The van der Waals surface area contributed by atoms with Crippen molar-refractivity contribution < 1.29 is 13.9 Å². The van der Waals surface area contributed by atoms with Crippen molar-refractivity contribution in [3.05, 3.63) is 46.5 Å². The predicted molar refractivity (Wildman–Crippen MR) is 101 cm³/mol. The second-order valence-corrected chi connectivity index (χ2v) is 6.99. The second kappa shape index (κ2) is 7.32. The quantitative estimate of drug-likeness (QED) is 0.668. The Kier molecular flexibility index (Phi) is 4.88. The molecule has 0 saturated carbocycles. The number of nitrogens with zero attached hydrogens (tertiary/aromatic N) is 3. The van der Waals surface area contributed by atoms with E-state index in [1.54, 1.807) is 6.20 Å². The normalized spacial score (nSPS) is 17.4. The van der Waals surface area contributed by atoms with Gasteiger partial charge in [-0.05, 0) is 44.4 Å². The van der Waals surface area contributed by atoms with Crippen LogP contribution in [0.2, 0.25) is 5.02 Å². The van der Waals surface area contributed by atoms with E-state index in [-0.39, 0.29) is 23.4 Å². The van der Waals surface area contributed by atoms with Gasteiger partial charge in [0.25, 0.3) is 0 Å². The number of fused-ring (bicyclic) bond motifs is 1. The Morgan fingerprint density at radius 2 is 2.26 bits per heavy atom. The summed E-state index contributed by atoms with van der Waals surface area (Å²) in [4.78, 5) is 4.50. The first kappa shape index (κ1) is 18.0. The van der Waals surface area contributed by atoms with Crippen LogP contribution in [0.15, 0.2) is 24.4 Å². The standard InChI is InChI=1S/C19H20ClFN4O2/c1-11-13-8-12(27-10-14-15(21)5-6-16(22)18(14)20)9-23-19(13)25(24-11)17-4-2-3-7-26-17/h5-6,8-9,17H,2-4,7,10,22H2,1H3. The van der Waals surface area contributed by atoms with Crippen LogP contribution in [0, 0.1) is 12.7 Å². The van der Waals surface area contributed by atoms with Crippen molar-refractivity contribution in [2.24, 2.45) is 0 Å². The molecule has 2 N–H and O–H groups in total. The average molecular weight is 391 g/mol. The lowest BCUT2D eigenvalue weighted by atomic mass is 10.2. The van der Waals surface area contributed by atoms with Gasteiger partial charge in [0.05, 0.1) is 22.6 Å². The fourth-order valence-electron chi connectivity index (χ4n) is 3.25. The Balaban J connectivity index is 1.59. The first-order chi connectivity index (χ1) is 13.0. The summed E-state index contributed by atoms with van der Waals surface area (Å²) in [7, 11) is 0. The second-order valence-electron chi connectivity index (χ2n) is 6.61. The molecule has 3 heterocycles. The highest BCUT2D eigenvalue weighted by Crippen LogP contribution is 2.30. The molecule has 0 bridgehead atoms. The van der Waals surface area contributed by atoms with E-state index in [1.165, 1.54) is 12.1 Å². The van der Waals surface area contributed by atoms with Gasteiger partial charge in [-0.2, -0.15) is 5.10 Å². The van der Waals surface area contributed by atoms with Crippen molar-refractivity contribution in [3.8, 4) is 5.75 Å². The number of benzene rings is 1. The van der Waals surface area contributed by atoms with Crippen LogP contribution in [0.4, 0.5) is 10.1 Å². The van der Waals surface area contributed by atoms with Gasteiger partial charge in [-0.25, -0.2) is 14.1 Å². The number of halogens is 2. The van der Waals surface area contributed by atoms with E-state index in [0.29, 0.717) is 11.4 Å². The van der Waals surface area contributed by atoms with E-state index in [0.717, 1.165) is 42.6 Å². The zero-order valence-electron chi connectivity index (χ0n) is 14.9. The molecule has 1 unspecified atom stereocenters. The Morgan fingerprint density at radius 1 is 1.41 bits per heavy atom. The number of pyridine rings is 1. The maximum Gasteiger partial charge on any atom is 0.160 e. The van der Waals surface area contributed by atoms with E-state index in [4.69, 9.17) is 26.8 Å². The van der Waals surface area contributed by atoms with Gasteiger partial charge in [0, 0.05) is 17.6 Å². The highest BCUT2D eigenvalue weighted by Gasteiger charge is 2.21. The van der Waals surface area contributed by atoms with Gasteiger partial charge in [-0.3, -0.25) is 0 Å². The summed E-state index contributed by atoms with van der Waals surface area (Å²) in [6.07, 6.45) is 4.61. The summed E-state index contributed by atoms with van der Waals surface area (Å²) < 4.78 is 27.4. The summed E-state index contributed by atoms with van der Waals surface area (Å²) >= 11 is 6.09. The third kappa shape index (κ3) is 3.44. The molecule has 27 heavy (non-hydrogen) atoms. The molecule has 1 fully saturated rings. The number of rotatable bonds is 4. The molecule has 6 nitrogen and oxygen atoms in total. The molecule has 4 rings (SSSR count). The Hall–Kier alpha value is -2.38. The lowest BCUT2D eigenvalue weighted by Gasteiger charge is -2.23. The lowest BCUT2D eigenvalue weighted by Crippen LogP contribution is -2.19. The molecule has 1 atom stereocenters. The number of hydrogen-bond acceptors (Lipinski definition) is 5. The monoisotopic (exact) mass is 390 g/mol. The van der Waals surface area contributed by atoms with Gasteiger partial charge < -0.3 is 15.2 Å². The summed E-state index contributed by atoms with van der Waals surface area (Å²) in [6.45, 7) is 2.61. The van der Waals surface area contributed by atoms with Gasteiger partial charge >= 0.3 is 0 Å². The minimum absolute atomic E-state index is 0.0399. The maximum atomic E-state index is 14.0. The average Bonchev–Trinajstić information content (AvgIpc) is 3.02. The fourth-order valence-corrected chi connectivity index (χ4v) is 3.46. The predicted octanol–water partition coefficient (Wildman–Crippen LogP) is 4.39. The fraction of sp³-hybridized carbons (Fsp3) is 0.368. The molecule has 142 valence electrons. The van der Waals surface area contributed by atoms with Crippen molar-refractivity contribution in [1.29, 1.82) is 0 Å². The smallest absolute Gasteiger partial charge is 0.160 e. The van der Waals surface area contributed by atoms with Crippen molar-refractivity contribution in [1.82, 2.24) is 14.8 Å².